The second-order valence-electron chi connectivity index (χ2n) is 7.80. The van der Waals surface area contributed by atoms with Gasteiger partial charge in [0.2, 0.25) is 0 Å². The molecule has 2 aromatic heterocycles. The van der Waals surface area contributed by atoms with E-state index < -0.39 is 0 Å². The van der Waals surface area contributed by atoms with Crippen LogP contribution in [0.25, 0.3) is 5.69 Å². The summed E-state index contributed by atoms with van der Waals surface area (Å²) < 4.78 is 9.55. The number of aromatic nitrogens is 3. The summed E-state index contributed by atoms with van der Waals surface area (Å²) in [6, 6.07) is 15.2. The highest BCUT2D eigenvalue weighted by Gasteiger charge is 2.15. The van der Waals surface area contributed by atoms with E-state index >= 15 is 0 Å². The van der Waals surface area contributed by atoms with E-state index in [1.54, 1.807) is 23.2 Å². The smallest absolute Gasteiger partial charge is 0.294 e. The SMILES string of the molecule is Cc1cccc([C@H](C)n2cc(Cl)cc(Oc3ccc(-n4cnc(C)c4)c(C)c3)c2=O)c1. The molecule has 0 saturated heterocycles. The van der Waals surface area contributed by atoms with Crippen molar-refractivity contribution < 1.29 is 4.74 Å². The molecule has 0 amide bonds. The molecular weight excluding hydrogens is 410 g/mol. The Morgan fingerprint density at radius 1 is 1.03 bits per heavy atom. The third kappa shape index (κ3) is 4.42. The maximum atomic E-state index is 13.2. The number of hydrogen-bond donors (Lipinski definition) is 0. The number of nitrogens with zero attached hydrogens (tertiary/aromatic N) is 3. The van der Waals surface area contributed by atoms with E-state index in [-0.39, 0.29) is 17.4 Å². The number of ether oxygens (including phenoxy) is 1. The van der Waals surface area contributed by atoms with E-state index in [1.807, 2.05) is 74.9 Å². The fraction of sp³-hybridized carbons (Fsp3) is 0.200. The predicted molar refractivity (Wildman–Crippen MR) is 124 cm³/mol. The van der Waals surface area contributed by atoms with Gasteiger partial charge in [-0.3, -0.25) is 4.79 Å². The van der Waals surface area contributed by atoms with Crippen molar-refractivity contribution in [1.82, 2.24) is 14.1 Å². The molecule has 5 nitrogen and oxygen atoms in total. The van der Waals surface area contributed by atoms with Crippen LogP contribution in [0.5, 0.6) is 11.5 Å². The monoisotopic (exact) mass is 433 g/mol. The summed E-state index contributed by atoms with van der Waals surface area (Å²) >= 11 is 6.34. The molecule has 6 heteroatoms. The van der Waals surface area contributed by atoms with Crippen molar-refractivity contribution in [2.24, 2.45) is 0 Å². The standard InChI is InChI=1S/C25H24ClN3O2/c1-16-6-5-7-20(10-16)19(4)29-14-21(26)12-24(25(29)30)31-22-8-9-23(17(2)11-22)28-13-18(3)27-15-28/h5-15,19H,1-4H3/t19-/m0/s1. The highest BCUT2D eigenvalue weighted by atomic mass is 35.5. The Morgan fingerprint density at radius 3 is 2.52 bits per heavy atom. The average Bonchev–Trinajstić information content (AvgIpc) is 3.16. The highest BCUT2D eigenvalue weighted by Crippen LogP contribution is 2.27. The zero-order chi connectivity index (χ0) is 22.1. The van der Waals surface area contributed by atoms with Crippen LogP contribution in [0.3, 0.4) is 0 Å². The van der Waals surface area contributed by atoms with Crippen molar-refractivity contribution in [3.05, 3.63) is 105 Å². The second-order valence-corrected chi connectivity index (χ2v) is 8.23. The molecule has 0 saturated carbocycles. The van der Waals surface area contributed by atoms with Crippen molar-refractivity contribution in [2.75, 3.05) is 0 Å². The van der Waals surface area contributed by atoms with Gasteiger partial charge in [0.25, 0.3) is 5.56 Å². The van der Waals surface area contributed by atoms with Gasteiger partial charge in [0.05, 0.1) is 23.1 Å². The average molecular weight is 434 g/mol. The largest absolute Gasteiger partial charge is 0.451 e. The van der Waals surface area contributed by atoms with Gasteiger partial charge in [-0.25, -0.2) is 4.98 Å². The molecule has 1 atom stereocenters. The normalized spacial score (nSPS) is 12.0. The number of pyridine rings is 1. The Balaban J connectivity index is 1.66. The first kappa shape index (κ1) is 20.9. The molecule has 0 aliphatic heterocycles. The summed E-state index contributed by atoms with van der Waals surface area (Å²) in [7, 11) is 0. The van der Waals surface area contributed by atoms with Crippen LogP contribution < -0.4 is 10.3 Å². The van der Waals surface area contributed by atoms with Crippen LogP contribution in [0.1, 0.15) is 35.3 Å². The Hall–Kier alpha value is -3.31. The minimum atomic E-state index is -0.231. The van der Waals surface area contributed by atoms with Crippen LogP contribution in [0.15, 0.2) is 72.0 Å². The second kappa shape index (κ2) is 8.44. The zero-order valence-corrected chi connectivity index (χ0v) is 18.7. The first-order chi connectivity index (χ1) is 14.8. The topological polar surface area (TPSA) is 49.0 Å². The maximum absolute atomic E-state index is 13.2. The number of halogens is 1. The third-order valence-corrected chi connectivity index (χ3v) is 5.51. The van der Waals surface area contributed by atoms with Gasteiger partial charge in [-0.1, -0.05) is 41.4 Å². The number of aryl methyl sites for hydroxylation is 3. The zero-order valence-electron chi connectivity index (χ0n) is 18.0. The van der Waals surface area contributed by atoms with Gasteiger partial charge >= 0.3 is 0 Å². The maximum Gasteiger partial charge on any atom is 0.294 e. The Labute approximate surface area is 186 Å². The van der Waals surface area contributed by atoms with Crippen LogP contribution >= 0.6 is 11.6 Å². The first-order valence-corrected chi connectivity index (χ1v) is 10.5. The molecule has 0 bridgehead atoms. The van der Waals surface area contributed by atoms with E-state index in [0.29, 0.717) is 10.8 Å². The van der Waals surface area contributed by atoms with Crippen LogP contribution in [-0.2, 0) is 0 Å². The van der Waals surface area contributed by atoms with E-state index in [2.05, 4.69) is 11.1 Å². The van der Waals surface area contributed by atoms with Crippen molar-refractivity contribution >= 4 is 11.6 Å². The minimum absolute atomic E-state index is 0.179. The molecule has 0 spiro atoms. The highest BCUT2D eigenvalue weighted by molar-refractivity contribution is 6.30. The molecule has 0 aliphatic carbocycles. The van der Waals surface area contributed by atoms with Gasteiger partial charge in [-0.15, -0.1) is 0 Å². The lowest BCUT2D eigenvalue weighted by atomic mass is 10.1. The molecule has 0 fully saturated rings. The Bertz CT molecular complexity index is 1310. The predicted octanol–water partition coefficient (Wildman–Crippen LogP) is 6.01. The molecule has 2 aromatic carbocycles. The fourth-order valence-corrected chi connectivity index (χ4v) is 3.86. The van der Waals surface area contributed by atoms with Crippen LogP contribution in [0, 0.1) is 20.8 Å². The number of rotatable bonds is 5. The molecular formula is C25H24ClN3O2. The molecule has 0 radical (unpaired) electrons. The lowest BCUT2D eigenvalue weighted by Crippen LogP contribution is -2.24. The fourth-order valence-electron chi connectivity index (χ4n) is 3.66. The number of imidazole rings is 1. The van der Waals surface area contributed by atoms with Crippen molar-refractivity contribution in [2.45, 2.75) is 33.7 Å². The van der Waals surface area contributed by atoms with Gasteiger partial charge in [0, 0.05) is 24.1 Å². The molecule has 0 aliphatic rings. The third-order valence-electron chi connectivity index (χ3n) is 5.30. The lowest BCUT2D eigenvalue weighted by Gasteiger charge is -2.18. The molecule has 158 valence electrons. The van der Waals surface area contributed by atoms with E-state index in [4.69, 9.17) is 16.3 Å². The van der Waals surface area contributed by atoms with Gasteiger partial charge in [-0.05, 0) is 57.0 Å². The molecule has 2 heterocycles. The van der Waals surface area contributed by atoms with Gasteiger partial charge in [0.1, 0.15) is 5.75 Å². The number of benzene rings is 2. The van der Waals surface area contributed by atoms with Crippen molar-refractivity contribution in [3.63, 3.8) is 0 Å². The van der Waals surface area contributed by atoms with Gasteiger partial charge in [0.15, 0.2) is 5.75 Å². The molecule has 0 N–H and O–H groups in total. The number of hydrogen-bond acceptors (Lipinski definition) is 3. The van der Waals surface area contributed by atoms with Gasteiger partial charge in [-0.2, -0.15) is 0 Å². The molecule has 0 unspecified atom stereocenters. The van der Waals surface area contributed by atoms with E-state index in [0.717, 1.165) is 28.1 Å². The molecule has 4 aromatic rings. The first-order valence-electron chi connectivity index (χ1n) is 10.1. The molecule has 31 heavy (non-hydrogen) atoms. The van der Waals surface area contributed by atoms with Crippen molar-refractivity contribution in [1.29, 1.82) is 0 Å². The van der Waals surface area contributed by atoms with Crippen LogP contribution in [0.2, 0.25) is 5.02 Å². The Kier molecular flexibility index (Phi) is 5.70. The van der Waals surface area contributed by atoms with E-state index in [1.165, 1.54) is 0 Å². The summed E-state index contributed by atoms with van der Waals surface area (Å²) in [6.45, 7) is 7.95. The summed E-state index contributed by atoms with van der Waals surface area (Å²) in [5, 5.41) is 0.441. The lowest BCUT2D eigenvalue weighted by molar-refractivity contribution is 0.461. The Morgan fingerprint density at radius 2 is 1.84 bits per heavy atom. The quantitative estimate of drug-likeness (QED) is 0.387. The molecule has 4 rings (SSSR count). The summed E-state index contributed by atoms with van der Waals surface area (Å²) in [5.74, 6) is 0.768. The summed E-state index contributed by atoms with van der Waals surface area (Å²) in [6.07, 6.45) is 5.39. The van der Waals surface area contributed by atoms with E-state index in [9.17, 15) is 4.79 Å². The van der Waals surface area contributed by atoms with Crippen molar-refractivity contribution in [3.8, 4) is 17.2 Å². The minimum Gasteiger partial charge on any atom is -0.451 e. The summed E-state index contributed by atoms with van der Waals surface area (Å²) in [5.41, 5.74) is 4.90. The summed E-state index contributed by atoms with van der Waals surface area (Å²) in [4.78, 5) is 17.4. The van der Waals surface area contributed by atoms with Gasteiger partial charge < -0.3 is 13.9 Å². The van der Waals surface area contributed by atoms with Crippen LogP contribution in [-0.4, -0.2) is 14.1 Å². The van der Waals surface area contributed by atoms with Crippen LogP contribution in [0.4, 0.5) is 0 Å².